The molecule has 3 unspecified atom stereocenters. The van der Waals surface area contributed by atoms with Crippen LogP contribution >= 0.6 is 0 Å². The number of fused-ring (bicyclic) bond motifs is 1. The molecule has 2 aliphatic rings. The minimum Gasteiger partial charge on any atom is -0.315 e. The van der Waals surface area contributed by atoms with E-state index in [1.807, 2.05) is 0 Å². The second-order valence-corrected chi connectivity index (χ2v) is 3.94. The molecule has 0 radical (unpaired) electrons. The molecular weight excluding hydrogens is 136 g/mol. The van der Waals surface area contributed by atoms with Gasteiger partial charge >= 0.3 is 0 Å². The van der Waals surface area contributed by atoms with Crippen molar-refractivity contribution < 1.29 is 0 Å². The molecule has 11 heavy (non-hydrogen) atoms. The molecule has 2 heterocycles. The summed E-state index contributed by atoms with van der Waals surface area (Å²) in [6.07, 6.45) is 2.79. The number of nitrogens with one attached hydrogen (secondary N) is 2. The van der Waals surface area contributed by atoms with Crippen LogP contribution in [0.5, 0.6) is 0 Å². The molecule has 64 valence electrons. The predicted octanol–water partition coefficient (Wildman–Crippen LogP) is 0.594. The third-order valence-electron chi connectivity index (χ3n) is 3.22. The molecule has 0 aromatic rings. The van der Waals surface area contributed by atoms with E-state index in [0.717, 1.165) is 17.9 Å². The number of piperidine rings is 1. The Morgan fingerprint density at radius 2 is 2.18 bits per heavy atom. The zero-order valence-corrected chi connectivity index (χ0v) is 7.27. The molecule has 2 heteroatoms. The molecule has 2 fully saturated rings. The van der Waals surface area contributed by atoms with Crippen LogP contribution in [0.3, 0.4) is 0 Å². The average molecular weight is 154 g/mol. The first kappa shape index (κ1) is 7.56. The van der Waals surface area contributed by atoms with Crippen molar-refractivity contribution in [2.24, 2.45) is 11.8 Å². The van der Waals surface area contributed by atoms with Gasteiger partial charge in [-0.2, -0.15) is 0 Å². The Kier molecular flexibility index (Phi) is 2.14. The second-order valence-electron chi connectivity index (χ2n) is 3.94. The number of rotatable bonds is 1. The highest BCUT2D eigenvalue weighted by atomic mass is 15.1. The summed E-state index contributed by atoms with van der Waals surface area (Å²) >= 11 is 0. The first-order chi connectivity index (χ1) is 5.40. The van der Waals surface area contributed by atoms with Crippen LogP contribution in [-0.4, -0.2) is 25.7 Å². The Labute approximate surface area is 68.7 Å². The van der Waals surface area contributed by atoms with Gasteiger partial charge in [0.05, 0.1) is 0 Å². The molecular formula is C9H18N2. The summed E-state index contributed by atoms with van der Waals surface area (Å²) in [6, 6.07) is 0.790. The summed E-state index contributed by atoms with van der Waals surface area (Å²) in [6.45, 7) is 5.99. The van der Waals surface area contributed by atoms with Gasteiger partial charge in [-0.15, -0.1) is 0 Å². The summed E-state index contributed by atoms with van der Waals surface area (Å²) in [4.78, 5) is 0. The van der Waals surface area contributed by atoms with Gasteiger partial charge in [0, 0.05) is 12.6 Å². The highest BCUT2D eigenvalue weighted by Gasteiger charge is 2.32. The van der Waals surface area contributed by atoms with Crippen molar-refractivity contribution in [1.82, 2.24) is 10.6 Å². The average Bonchev–Trinajstić information content (AvgIpc) is 2.50. The minimum atomic E-state index is 0.790. The molecule has 0 amide bonds. The maximum absolute atomic E-state index is 3.62. The Bertz CT molecular complexity index is 136. The van der Waals surface area contributed by atoms with E-state index in [1.165, 1.54) is 32.5 Å². The van der Waals surface area contributed by atoms with Gasteiger partial charge in [-0.1, -0.05) is 13.3 Å². The van der Waals surface area contributed by atoms with E-state index in [2.05, 4.69) is 17.6 Å². The van der Waals surface area contributed by atoms with Gasteiger partial charge in [0.15, 0.2) is 0 Å². The number of hydrogen-bond donors (Lipinski definition) is 2. The van der Waals surface area contributed by atoms with Crippen LogP contribution in [0.2, 0.25) is 0 Å². The van der Waals surface area contributed by atoms with Gasteiger partial charge in [0.1, 0.15) is 0 Å². The van der Waals surface area contributed by atoms with Crippen LogP contribution in [0.4, 0.5) is 0 Å². The van der Waals surface area contributed by atoms with Crippen LogP contribution in [0.1, 0.15) is 19.8 Å². The number of hydrogen-bond acceptors (Lipinski definition) is 2. The normalized spacial score (nSPS) is 43.9. The van der Waals surface area contributed by atoms with E-state index in [9.17, 15) is 0 Å². The summed E-state index contributed by atoms with van der Waals surface area (Å²) in [5.74, 6) is 1.87. The molecule has 3 atom stereocenters. The Morgan fingerprint density at radius 1 is 1.27 bits per heavy atom. The zero-order valence-electron chi connectivity index (χ0n) is 7.27. The standard InChI is InChI=1S/C9H18N2/c1-2-7-3-8-5-10-6-9(8)11-4-7/h7-11H,2-6H2,1H3. The monoisotopic (exact) mass is 154 g/mol. The molecule has 2 saturated heterocycles. The molecule has 2 rings (SSSR count). The van der Waals surface area contributed by atoms with Crippen molar-refractivity contribution in [2.75, 3.05) is 19.6 Å². The van der Waals surface area contributed by atoms with Gasteiger partial charge in [-0.05, 0) is 31.3 Å². The van der Waals surface area contributed by atoms with E-state index < -0.39 is 0 Å². The summed E-state index contributed by atoms with van der Waals surface area (Å²) < 4.78 is 0. The molecule has 0 spiro atoms. The molecule has 2 nitrogen and oxygen atoms in total. The quantitative estimate of drug-likeness (QED) is 0.578. The first-order valence-electron chi connectivity index (χ1n) is 4.84. The van der Waals surface area contributed by atoms with Crippen LogP contribution < -0.4 is 10.6 Å². The zero-order chi connectivity index (χ0) is 7.68. The third kappa shape index (κ3) is 1.42. The highest BCUT2D eigenvalue weighted by Crippen LogP contribution is 2.25. The van der Waals surface area contributed by atoms with Crippen molar-refractivity contribution in [3.63, 3.8) is 0 Å². The lowest BCUT2D eigenvalue weighted by molar-refractivity contribution is 0.254. The molecule has 2 aliphatic heterocycles. The Morgan fingerprint density at radius 3 is 3.00 bits per heavy atom. The van der Waals surface area contributed by atoms with Gasteiger partial charge in [0.2, 0.25) is 0 Å². The minimum absolute atomic E-state index is 0.790. The molecule has 0 aliphatic carbocycles. The molecule has 2 N–H and O–H groups in total. The predicted molar refractivity (Wildman–Crippen MR) is 46.5 cm³/mol. The maximum atomic E-state index is 3.62. The lowest BCUT2D eigenvalue weighted by atomic mass is 9.85. The maximum Gasteiger partial charge on any atom is 0.0233 e. The van der Waals surface area contributed by atoms with Crippen molar-refractivity contribution in [3.05, 3.63) is 0 Å². The largest absolute Gasteiger partial charge is 0.315 e. The van der Waals surface area contributed by atoms with E-state index in [0.29, 0.717) is 0 Å². The van der Waals surface area contributed by atoms with Crippen molar-refractivity contribution in [2.45, 2.75) is 25.8 Å². The summed E-state index contributed by atoms with van der Waals surface area (Å²) in [7, 11) is 0. The Hall–Kier alpha value is -0.0800. The molecule has 0 aromatic carbocycles. The fourth-order valence-electron chi connectivity index (χ4n) is 2.36. The molecule has 0 saturated carbocycles. The summed E-state index contributed by atoms with van der Waals surface area (Å²) in [5.41, 5.74) is 0. The van der Waals surface area contributed by atoms with Gasteiger partial charge in [0.25, 0.3) is 0 Å². The Balaban J connectivity index is 1.91. The molecule has 0 aromatic heterocycles. The van der Waals surface area contributed by atoms with Gasteiger partial charge < -0.3 is 10.6 Å². The van der Waals surface area contributed by atoms with Gasteiger partial charge in [-0.25, -0.2) is 0 Å². The van der Waals surface area contributed by atoms with Crippen LogP contribution in [-0.2, 0) is 0 Å². The second kappa shape index (κ2) is 3.11. The van der Waals surface area contributed by atoms with Crippen molar-refractivity contribution >= 4 is 0 Å². The van der Waals surface area contributed by atoms with Crippen LogP contribution in [0, 0.1) is 11.8 Å². The van der Waals surface area contributed by atoms with Crippen LogP contribution in [0.25, 0.3) is 0 Å². The summed E-state index contributed by atoms with van der Waals surface area (Å²) in [5, 5.41) is 7.07. The lowest BCUT2D eigenvalue weighted by Crippen LogP contribution is -2.44. The topological polar surface area (TPSA) is 24.1 Å². The van der Waals surface area contributed by atoms with E-state index in [4.69, 9.17) is 0 Å². The fraction of sp³-hybridized carbons (Fsp3) is 1.00. The van der Waals surface area contributed by atoms with Crippen molar-refractivity contribution in [1.29, 1.82) is 0 Å². The molecule has 0 bridgehead atoms. The van der Waals surface area contributed by atoms with Gasteiger partial charge in [-0.3, -0.25) is 0 Å². The third-order valence-corrected chi connectivity index (χ3v) is 3.22. The fourth-order valence-corrected chi connectivity index (χ4v) is 2.36. The van der Waals surface area contributed by atoms with Crippen molar-refractivity contribution in [3.8, 4) is 0 Å². The highest BCUT2D eigenvalue weighted by molar-refractivity contribution is 4.91. The van der Waals surface area contributed by atoms with E-state index >= 15 is 0 Å². The SMILES string of the molecule is CCC1CNC2CNCC2C1. The first-order valence-corrected chi connectivity index (χ1v) is 4.84. The van der Waals surface area contributed by atoms with E-state index in [-0.39, 0.29) is 0 Å². The lowest BCUT2D eigenvalue weighted by Gasteiger charge is -2.31. The van der Waals surface area contributed by atoms with E-state index in [1.54, 1.807) is 0 Å². The smallest absolute Gasteiger partial charge is 0.0233 e. The van der Waals surface area contributed by atoms with Crippen LogP contribution in [0.15, 0.2) is 0 Å².